The Labute approximate surface area is 137 Å². The predicted octanol–water partition coefficient (Wildman–Crippen LogP) is 2.60. The van der Waals surface area contributed by atoms with Crippen LogP contribution in [0.2, 0.25) is 0 Å². The summed E-state index contributed by atoms with van der Waals surface area (Å²) >= 11 is 0. The van der Waals surface area contributed by atoms with Gasteiger partial charge in [0.2, 0.25) is 5.88 Å². The van der Waals surface area contributed by atoms with Gasteiger partial charge in [-0.1, -0.05) is 13.8 Å². The van der Waals surface area contributed by atoms with Crippen LogP contribution in [0.5, 0.6) is 5.88 Å². The Hall–Kier alpha value is -2.37. The molecular formula is C17H26N4O2. The Balaban J connectivity index is 1.93. The third-order valence-electron chi connectivity index (χ3n) is 3.31. The van der Waals surface area contributed by atoms with Crippen LogP contribution < -0.4 is 20.2 Å². The number of pyridine rings is 1. The average molecular weight is 318 g/mol. The van der Waals surface area contributed by atoms with Crippen molar-refractivity contribution in [2.45, 2.75) is 26.7 Å². The van der Waals surface area contributed by atoms with Gasteiger partial charge in [0.25, 0.3) is 0 Å². The van der Waals surface area contributed by atoms with Gasteiger partial charge >= 0.3 is 0 Å². The lowest BCUT2D eigenvalue weighted by molar-refractivity contribution is 0.0816. The van der Waals surface area contributed by atoms with Crippen molar-refractivity contribution in [2.24, 2.45) is 0 Å². The number of ether oxygens (including phenoxy) is 1. The maximum absolute atomic E-state index is 5.92. The zero-order chi connectivity index (χ0) is 16.5. The quantitative estimate of drug-likeness (QED) is 0.682. The summed E-state index contributed by atoms with van der Waals surface area (Å²) in [6.45, 7) is 7.18. The first kappa shape index (κ1) is 17.0. The van der Waals surface area contributed by atoms with Crippen LogP contribution in [0.1, 0.15) is 26.7 Å². The van der Waals surface area contributed by atoms with E-state index < -0.39 is 0 Å². The summed E-state index contributed by atoms with van der Waals surface area (Å²) in [7, 11) is 0. The first-order valence-electron chi connectivity index (χ1n) is 8.14. The van der Waals surface area contributed by atoms with E-state index in [9.17, 15) is 0 Å². The molecule has 0 saturated carbocycles. The smallest absolute Gasteiger partial charge is 0.217 e. The highest BCUT2D eigenvalue weighted by Crippen LogP contribution is 2.23. The fourth-order valence-electron chi connectivity index (χ4n) is 2.37. The summed E-state index contributed by atoms with van der Waals surface area (Å²) < 4.78 is 7.32. The second-order valence-corrected chi connectivity index (χ2v) is 5.30. The van der Waals surface area contributed by atoms with Crippen LogP contribution in [-0.2, 0) is 0 Å². The number of anilines is 2. The van der Waals surface area contributed by atoms with E-state index >= 15 is 0 Å². The van der Waals surface area contributed by atoms with Crippen molar-refractivity contribution in [1.82, 2.24) is 9.71 Å². The summed E-state index contributed by atoms with van der Waals surface area (Å²) in [5.41, 5.74) is 6.98. The van der Waals surface area contributed by atoms with Gasteiger partial charge < -0.3 is 20.2 Å². The van der Waals surface area contributed by atoms with E-state index in [1.165, 1.54) is 0 Å². The van der Waals surface area contributed by atoms with Gasteiger partial charge in [0.15, 0.2) is 0 Å². The maximum atomic E-state index is 5.92. The number of nitrogens with two attached hydrogens (primary N) is 1. The van der Waals surface area contributed by atoms with Gasteiger partial charge in [-0.3, -0.25) is 0 Å². The topological polar surface area (TPSA) is 65.5 Å². The molecule has 23 heavy (non-hydrogen) atoms. The standard InChI is InChI=1S/C17H26N4O2/c1-3-7-20(8-4-2)15-13-16(18)19-17(14-15)22-11-12-23-21-9-5-6-10-21/h5-6,9-10,13-14H,3-4,7-8,11-12H2,1-2H3,(H2,18,19). The molecule has 0 aliphatic carbocycles. The SMILES string of the molecule is CCCN(CCC)c1cc(N)nc(OCCOn2cccc2)c1. The number of nitrogen functional groups attached to an aromatic ring is 1. The van der Waals surface area contributed by atoms with E-state index in [-0.39, 0.29) is 0 Å². The molecule has 2 aromatic rings. The molecule has 0 unspecified atom stereocenters. The minimum atomic E-state index is 0.412. The Morgan fingerprint density at radius 2 is 1.78 bits per heavy atom. The van der Waals surface area contributed by atoms with E-state index in [1.54, 1.807) is 4.73 Å². The van der Waals surface area contributed by atoms with E-state index in [0.717, 1.165) is 31.6 Å². The number of rotatable bonds is 10. The number of nitrogens with zero attached hydrogens (tertiary/aromatic N) is 3. The van der Waals surface area contributed by atoms with Crippen molar-refractivity contribution >= 4 is 11.5 Å². The monoisotopic (exact) mass is 318 g/mol. The van der Waals surface area contributed by atoms with Crippen molar-refractivity contribution in [3.8, 4) is 5.88 Å². The van der Waals surface area contributed by atoms with Gasteiger partial charge in [-0.2, -0.15) is 9.71 Å². The lowest BCUT2D eigenvalue weighted by atomic mass is 10.3. The molecule has 0 saturated heterocycles. The third kappa shape index (κ3) is 5.39. The number of hydrogen-bond acceptors (Lipinski definition) is 5. The Kier molecular flexibility index (Phi) is 6.59. The fraction of sp³-hybridized carbons (Fsp3) is 0.471. The molecule has 0 amide bonds. The van der Waals surface area contributed by atoms with Crippen LogP contribution in [0.15, 0.2) is 36.7 Å². The van der Waals surface area contributed by atoms with Crippen molar-refractivity contribution in [2.75, 3.05) is 36.9 Å². The molecule has 2 aromatic heterocycles. The molecule has 0 radical (unpaired) electrons. The second-order valence-electron chi connectivity index (χ2n) is 5.30. The Morgan fingerprint density at radius 3 is 2.43 bits per heavy atom. The van der Waals surface area contributed by atoms with Crippen LogP contribution in [0.3, 0.4) is 0 Å². The van der Waals surface area contributed by atoms with E-state index in [4.69, 9.17) is 15.3 Å². The summed E-state index contributed by atoms with van der Waals surface area (Å²) in [5, 5.41) is 0. The lowest BCUT2D eigenvalue weighted by Gasteiger charge is -2.24. The van der Waals surface area contributed by atoms with Crippen molar-refractivity contribution in [3.63, 3.8) is 0 Å². The zero-order valence-corrected chi connectivity index (χ0v) is 13.9. The van der Waals surface area contributed by atoms with E-state index in [2.05, 4.69) is 23.7 Å². The Bertz CT molecular complexity index is 566. The van der Waals surface area contributed by atoms with Gasteiger partial charge in [0.1, 0.15) is 19.0 Å². The van der Waals surface area contributed by atoms with Crippen LogP contribution in [-0.4, -0.2) is 36.0 Å². The first-order valence-corrected chi connectivity index (χ1v) is 8.14. The molecule has 126 valence electrons. The van der Waals surface area contributed by atoms with Crippen LogP contribution >= 0.6 is 0 Å². The molecule has 2 heterocycles. The van der Waals surface area contributed by atoms with Gasteiger partial charge in [-0.05, 0) is 25.0 Å². The van der Waals surface area contributed by atoms with E-state index in [0.29, 0.717) is 24.9 Å². The van der Waals surface area contributed by atoms with Crippen LogP contribution in [0.25, 0.3) is 0 Å². The normalized spacial score (nSPS) is 10.5. The molecule has 0 bridgehead atoms. The fourth-order valence-corrected chi connectivity index (χ4v) is 2.37. The third-order valence-corrected chi connectivity index (χ3v) is 3.31. The summed E-state index contributed by atoms with van der Waals surface area (Å²) in [6.07, 6.45) is 5.85. The van der Waals surface area contributed by atoms with E-state index in [1.807, 2.05) is 36.7 Å². The molecule has 0 aliphatic rings. The van der Waals surface area contributed by atoms with Gasteiger partial charge in [-0.15, -0.1) is 0 Å². The highest BCUT2D eigenvalue weighted by Gasteiger charge is 2.09. The van der Waals surface area contributed by atoms with Crippen molar-refractivity contribution in [1.29, 1.82) is 0 Å². The maximum Gasteiger partial charge on any atom is 0.217 e. The summed E-state index contributed by atoms with van der Waals surface area (Å²) in [4.78, 5) is 12.0. The van der Waals surface area contributed by atoms with Crippen molar-refractivity contribution in [3.05, 3.63) is 36.7 Å². The van der Waals surface area contributed by atoms with Crippen molar-refractivity contribution < 1.29 is 9.57 Å². The van der Waals surface area contributed by atoms with Crippen LogP contribution in [0, 0.1) is 0 Å². The number of aromatic nitrogens is 2. The molecule has 2 N–H and O–H groups in total. The molecule has 0 spiro atoms. The largest absolute Gasteiger partial charge is 0.474 e. The molecule has 6 nitrogen and oxygen atoms in total. The first-order chi connectivity index (χ1) is 11.2. The summed E-state index contributed by atoms with van der Waals surface area (Å²) in [5.74, 6) is 1.01. The molecule has 0 atom stereocenters. The number of hydrogen-bond donors (Lipinski definition) is 1. The molecular weight excluding hydrogens is 292 g/mol. The Morgan fingerprint density at radius 1 is 1.09 bits per heavy atom. The molecule has 6 heteroatoms. The van der Waals surface area contributed by atoms with Gasteiger partial charge in [0, 0.05) is 43.3 Å². The predicted molar refractivity (Wildman–Crippen MR) is 92.8 cm³/mol. The lowest BCUT2D eigenvalue weighted by Crippen LogP contribution is -2.25. The highest BCUT2D eigenvalue weighted by atomic mass is 16.7. The van der Waals surface area contributed by atoms with Crippen LogP contribution in [0.4, 0.5) is 11.5 Å². The minimum Gasteiger partial charge on any atom is -0.474 e. The molecule has 0 aliphatic heterocycles. The molecule has 0 aromatic carbocycles. The second kappa shape index (κ2) is 8.92. The zero-order valence-electron chi connectivity index (χ0n) is 13.9. The van der Waals surface area contributed by atoms with Gasteiger partial charge in [0.05, 0.1) is 0 Å². The highest BCUT2D eigenvalue weighted by molar-refractivity contribution is 5.55. The van der Waals surface area contributed by atoms with Gasteiger partial charge in [-0.25, -0.2) is 0 Å². The molecule has 0 fully saturated rings. The summed E-state index contributed by atoms with van der Waals surface area (Å²) in [6, 6.07) is 7.65. The average Bonchev–Trinajstić information content (AvgIpc) is 3.04. The minimum absolute atomic E-state index is 0.412. The molecule has 2 rings (SSSR count).